The lowest BCUT2D eigenvalue weighted by atomic mass is 10.0. The molecule has 0 saturated heterocycles. The summed E-state index contributed by atoms with van der Waals surface area (Å²) in [5.41, 5.74) is 5.37. The summed E-state index contributed by atoms with van der Waals surface area (Å²) in [6.45, 7) is 3.45. The molecule has 10 heteroatoms. The summed E-state index contributed by atoms with van der Waals surface area (Å²) in [6.07, 6.45) is 80.9. The van der Waals surface area contributed by atoms with Crippen molar-refractivity contribution in [3.05, 3.63) is 134 Å². The minimum absolute atomic E-state index is 0.0419. The molecule has 0 heterocycles. The number of rotatable bonds is 52. The number of phosphoric ester groups is 1. The minimum atomic E-state index is -4.40. The third-order valence-electron chi connectivity index (χ3n) is 11.5. The van der Waals surface area contributed by atoms with Crippen LogP contribution in [0, 0.1) is 0 Å². The lowest BCUT2D eigenvalue weighted by Gasteiger charge is -2.19. The fraction of sp³-hybridized carbons (Fsp3) is 0.619. The number of carbonyl (C=O) groups is 2. The second kappa shape index (κ2) is 57.4. The quantitative estimate of drug-likeness (QED) is 0.0264. The first-order valence-corrected chi connectivity index (χ1v) is 30.2. The molecule has 9 nitrogen and oxygen atoms in total. The van der Waals surface area contributed by atoms with Gasteiger partial charge in [-0.15, -0.1) is 0 Å². The molecule has 0 rings (SSSR count). The zero-order valence-corrected chi connectivity index (χ0v) is 47.0. The first kappa shape index (κ1) is 69.2. The fourth-order valence-corrected chi connectivity index (χ4v) is 8.14. The smallest absolute Gasteiger partial charge is 0.462 e. The normalized spacial score (nSPS) is 14.1. The summed E-state index contributed by atoms with van der Waals surface area (Å²) in [5.74, 6) is -0.883. The Hall–Kier alpha value is -3.85. The summed E-state index contributed by atoms with van der Waals surface area (Å²) in [5, 5.41) is 0. The Morgan fingerprint density at radius 2 is 0.712 bits per heavy atom. The van der Waals surface area contributed by atoms with Crippen molar-refractivity contribution < 1.29 is 37.6 Å². The monoisotopic (exact) mass is 1030 g/mol. The van der Waals surface area contributed by atoms with Gasteiger partial charge in [0.2, 0.25) is 0 Å². The molecule has 0 aromatic rings. The first-order chi connectivity index (χ1) is 35.8. The van der Waals surface area contributed by atoms with Crippen molar-refractivity contribution in [3.63, 3.8) is 0 Å². The van der Waals surface area contributed by atoms with Crippen molar-refractivity contribution in [3.8, 4) is 0 Å². The van der Waals surface area contributed by atoms with E-state index in [1.165, 1.54) is 77.0 Å². The van der Waals surface area contributed by atoms with Crippen molar-refractivity contribution in [2.75, 3.05) is 26.4 Å². The van der Waals surface area contributed by atoms with E-state index in [1.54, 1.807) is 0 Å². The summed E-state index contributed by atoms with van der Waals surface area (Å²) >= 11 is 0. The molecule has 2 unspecified atom stereocenters. The highest BCUT2D eigenvalue weighted by molar-refractivity contribution is 7.47. The third-order valence-corrected chi connectivity index (χ3v) is 12.5. The van der Waals surface area contributed by atoms with Crippen LogP contribution in [0.15, 0.2) is 134 Å². The van der Waals surface area contributed by atoms with Crippen LogP contribution < -0.4 is 5.73 Å². The van der Waals surface area contributed by atoms with E-state index in [0.717, 1.165) is 103 Å². The van der Waals surface area contributed by atoms with Crippen LogP contribution in [0.1, 0.15) is 219 Å². The SMILES string of the molecule is CC/C=C\C/C=C\C/C=C\C/C=C\C/C=C\C/C=C\C/C=C\CCCCCCCCCCCCCCCCCC(=O)OC(COC(=O)CCCC/C=C\C/C=C\C/C=C\C/C=C\CC)COP(=O)(O)OCCN. The highest BCUT2D eigenvalue weighted by atomic mass is 31.2. The van der Waals surface area contributed by atoms with E-state index in [2.05, 4.69) is 148 Å². The molecule has 0 aliphatic carbocycles. The molecule has 414 valence electrons. The van der Waals surface area contributed by atoms with Crippen molar-refractivity contribution in [1.82, 2.24) is 0 Å². The van der Waals surface area contributed by atoms with Crippen molar-refractivity contribution >= 4 is 19.8 Å². The predicted molar refractivity (Wildman–Crippen MR) is 311 cm³/mol. The van der Waals surface area contributed by atoms with Gasteiger partial charge in [0, 0.05) is 19.4 Å². The molecule has 2 atom stereocenters. The van der Waals surface area contributed by atoms with E-state index in [4.69, 9.17) is 24.3 Å². The van der Waals surface area contributed by atoms with E-state index in [-0.39, 0.29) is 32.6 Å². The van der Waals surface area contributed by atoms with Gasteiger partial charge in [-0.05, 0) is 109 Å². The minimum Gasteiger partial charge on any atom is -0.462 e. The zero-order chi connectivity index (χ0) is 53.1. The van der Waals surface area contributed by atoms with Crippen molar-refractivity contribution in [2.24, 2.45) is 5.73 Å². The summed E-state index contributed by atoms with van der Waals surface area (Å²) < 4.78 is 32.9. The van der Waals surface area contributed by atoms with Crippen LogP contribution in [-0.4, -0.2) is 49.3 Å². The zero-order valence-electron chi connectivity index (χ0n) is 46.1. The molecule has 0 aliphatic rings. The summed E-state index contributed by atoms with van der Waals surface area (Å²) in [6, 6.07) is 0. The van der Waals surface area contributed by atoms with Gasteiger partial charge in [-0.1, -0.05) is 231 Å². The van der Waals surface area contributed by atoms with E-state index in [9.17, 15) is 19.0 Å². The number of allylic oxidation sites excluding steroid dienone is 22. The topological polar surface area (TPSA) is 134 Å². The highest BCUT2D eigenvalue weighted by Crippen LogP contribution is 2.43. The van der Waals surface area contributed by atoms with Crippen LogP contribution in [0.4, 0.5) is 0 Å². The largest absolute Gasteiger partial charge is 0.472 e. The maximum atomic E-state index is 12.7. The molecule has 0 aromatic heterocycles. The first-order valence-electron chi connectivity index (χ1n) is 28.7. The second-order valence-electron chi connectivity index (χ2n) is 18.4. The highest BCUT2D eigenvalue weighted by Gasteiger charge is 2.26. The Balaban J connectivity index is 3.94. The second-order valence-corrected chi connectivity index (χ2v) is 19.8. The Bertz CT molecular complexity index is 1650. The van der Waals surface area contributed by atoms with Crippen LogP contribution in [0.2, 0.25) is 0 Å². The Kier molecular flexibility index (Phi) is 54.4. The van der Waals surface area contributed by atoms with Crippen LogP contribution in [0.25, 0.3) is 0 Å². The number of ether oxygens (including phenoxy) is 2. The number of nitrogens with two attached hydrogens (primary N) is 1. The van der Waals surface area contributed by atoms with Crippen molar-refractivity contribution in [1.29, 1.82) is 0 Å². The number of carbonyl (C=O) groups excluding carboxylic acids is 2. The van der Waals surface area contributed by atoms with Gasteiger partial charge in [0.05, 0.1) is 13.2 Å². The van der Waals surface area contributed by atoms with Gasteiger partial charge in [0.15, 0.2) is 6.10 Å². The van der Waals surface area contributed by atoms with Gasteiger partial charge >= 0.3 is 19.8 Å². The maximum absolute atomic E-state index is 12.7. The number of hydrogen-bond acceptors (Lipinski definition) is 8. The predicted octanol–water partition coefficient (Wildman–Crippen LogP) is 18.2. The van der Waals surface area contributed by atoms with Crippen LogP contribution in [0.3, 0.4) is 0 Å². The molecule has 0 aliphatic heterocycles. The molecule has 0 radical (unpaired) electrons. The number of phosphoric acid groups is 1. The molecule has 0 spiro atoms. The Morgan fingerprint density at radius 3 is 1.08 bits per heavy atom. The van der Waals surface area contributed by atoms with Crippen LogP contribution >= 0.6 is 7.82 Å². The van der Waals surface area contributed by atoms with Gasteiger partial charge in [-0.3, -0.25) is 18.6 Å². The lowest BCUT2D eigenvalue weighted by Crippen LogP contribution is -2.29. The van der Waals surface area contributed by atoms with Crippen LogP contribution in [0.5, 0.6) is 0 Å². The molecule has 3 N–H and O–H groups in total. The van der Waals surface area contributed by atoms with Gasteiger partial charge in [0.1, 0.15) is 6.61 Å². The molecule has 0 amide bonds. The van der Waals surface area contributed by atoms with E-state index in [1.807, 2.05) is 0 Å². The van der Waals surface area contributed by atoms with Crippen molar-refractivity contribution in [2.45, 2.75) is 225 Å². The molecule has 0 aromatic carbocycles. The Labute approximate surface area is 446 Å². The third kappa shape index (κ3) is 57.3. The summed E-state index contributed by atoms with van der Waals surface area (Å²) in [4.78, 5) is 35.1. The van der Waals surface area contributed by atoms with E-state index < -0.39 is 32.5 Å². The average molecular weight is 1030 g/mol. The van der Waals surface area contributed by atoms with Crippen LogP contribution in [-0.2, 0) is 32.7 Å². The van der Waals surface area contributed by atoms with E-state index >= 15 is 0 Å². The molecule has 0 fully saturated rings. The van der Waals surface area contributed by atoms with Gasteiger partial charge in [-0.2, -0.15) is 0 Å². The Morgan fingerprint density at radius 1 is 0.411 bits per heavy atom. The number of unbranched alkanes of at least 4 members (excludes halogenated alkanes) is 17. The number of hydrogen-bond donors (Lipinski definition) is 2. The number of esters is 2. The summed E-state index contributed by atoms with van der Waals surface area (Å²) in [7, 11) is -4.40. The van der Waals surface area contributed by atoms with Gasteiger partial charge in [0.25, 0.3) is 0 Å². The average Bonchev–Trinajstić information content (AvgIpc) is 3.38. The maximum Gasteiger partial charge on any atom is 0.472 e. The molecule has 0 saturated carbocycles. The van der Waals surface area contributed by atoms with E-state index in [0.29, 0.717) is 12.8 Å². The molecular weight excluding hydrogens is 930 g/mol. The molecule has 0 bridgehead atoms. The lowest BCUT2D eigenvalue weighted by molar-refractivity contribution is -0.161. The van der Waals surface area contributed by atoms with Gasteiger partial charge in [-0.25, -0.2) is 4.57 Å². The molecule has 73 heavy (non-hydrogen) atoms. The fourth-order valence-electron chi connectivity index (χ4n) is 7.37. The molecular formula is C63H104NO8P. The van der Waals surface area contributed by atoms with Gasteiger partial charge < -0.3 is 20.1 Å². The standard InChI is InChI=1S/C63H104NO8P/c1-3-5-7-9-11-13-15-17-19-20-21-22-23-24-25-26-27-28-29-30-31-32-33-34-35-36-37-38-39-40-42-44-46-48-50-52-54-56-63(66)72-61(60-71-73(67,68)70-58-57-64)59-69-62(65)55-53-51-49-47-45-43-41-18-16-14-12-10-8-6-4-2/h5-8,11-14,17-19,21-22,24-25,27-28,30-31,41,45,47,61H,3-4,9-10,15-16,20,23,26,29,32-40,42-44,46,48-60,64H2,1-2H3,(H,67,68)/b7-5-,8-6-,13-11-,14-12-,19-17-,22-21-,25-24-,28-27-,31-30-,41-18-,47-45-.